The van der Waals surface area contributed by atoms with Gasteiger partial charge in [-0.15, -0.1) is 0 Å². The molecular weight excluding hydrogens is 239 g/mol. The van der Waals surface area contributed by atoms with Crippen LogP contribution in [0.4, 0.5) is 13.2 Å². The number of nitrogens with one attached hydrogen (secondary N) is 1. The van der Waals surface area contributed by atoms with Gasteiger partial charge in [0, 0.05) is 0 Å². The molecule has 0 aliphatic heterocycles. The molecule has 0 aromatic carbocycles. The average Bonchev–Trinajstić information content (AvgIpc) is 2.15. The monoisotopic (exact) mass is 253 g/mol. The lowest BCUT2D eigenvalue weighted by Gasteiger charge is -2.39. The van der Waals surface area contributed by atoms with E-state index in [0.29, 0.717) is 12.8 Å². The summed E-state index contributed by atoms with van der Waals surface area (Å²) in [5.74, 6) is -4.22. The second-order valence-corrected chi connectivity index (χ2v) is 4.51. The van der Waals surface area contributed by atoms with Crippen molar-refractivity contribution in [2.75, 3.05) is 0 Å². The number of amides is 1. The van der Waals surface area contributed by atoms with Crippen molar-refractivity contribution >= 4 is 11.9 Å². The van der Waals surface area contributed by atoms with E-state index in [4.69, 9.17) is 5.11 Å². The summed E-state index contributed by atoms with van der Waals surface area (Å²) >= 11 is 0. The predicted molar refractivity (Wildman–Crippen MR) is 52.2 cm³/mol. The number of carboxylic acids is 1. The van der Waals surface area contributed by atoms with E-state index in [9.17, 15) is 22.8 Å². The zero-order valence-electron chi connectivity index (χ0n) is 9.30. The first kappa shape index (κ1) is 13.8. The van der Waals surface area contributed by atoms with E-state index >= 15 is 0 Å². The molecule has 0 saturated heterocycles. The summed E-state index contributed by atoms with van der Waals surface area (Å²) in [7, 11) is 0. The number of halogens is 3. The molecule has 98 valence electrons. The van der Waals surface area contributed by atoms with Gasteiger partial charge in [-0.2, -0.15) is 13.2 Å². The number of hydrogen-bond acceptors (Lipinski definition) is 2. The zero-order chi connectivity index (χ0) is 13.3. The highest BCUT2D eigenvalue weighted by Gasteiger charge is 2.47. The molecule has 0 aromatic rings. The second-order valence-electron chi connectivity index (χ2n) is 4.51. The van der Waals surface area contributed by atoms with E-state index in [-0.39, 0.29) is 12.8 Å². The van der Waals surface area contributed by atoms with Gasteiger partial charge in [0.1, 0.15) is 0 Å². The molecule has 1 aliphatic carbocycles. The van der Waals surface area contributed by atoms with Gasteiger partial charge in [-0.25, -0.2) is 0 Å². The Bertz CT molecular complexity index is 329. The molecule has 1 fully saturated rings. The smallest absolute Gasteiger partial charge is 0.471 e. The van der Waals surface area contributed by atoms with Gasteiger partial charge in [0.05, 0.1) is 11.5 Å². The summed E-state index contributed by atoms with van der Waals surface area (Å²) < 4.78 is 36.4. The van der Waals surface area contributed by atoms with Crippen molar-refractivity contribution < 1.29 is 27.9 Å². The van der Waals surface area contributed by atoms with E-state index in [0.717, 1.165) is 0 Å². The van der Waals surface area contributed by atoms with Gasteiger partial charge in [0.15, 0.2) is 0 Å². The van der Waals surface area contributed by atoms with Gasteiger partial charge in [0.25, 0.3) is 0 Å². The number of carboxylic acid groups (broad SMARTS) is 1. The van der Waals surface area contributed by atoms with Crippen molar-refractivity contribution in [2.24, 2.45) is 5.92 Å². The summed E-state index contributed by atoms with van der Waals surface area (Å²) in [5.41, 5.74) is -1.32. The Balaban J connectivity index is 2.83. The summed E-state index contributed by atoms with van der Waals surface area (Å²) in [6.45, 7) is 1.36. The van der Waals surface area contributed by atoms with Gasteiger partial charge in [-0.1, -0.05) is 12.8 Å². The molecule has 4 nitrogen and oxygen atoms in total. The third kappa shape index (κ3) is 3.10. The van der Waals surface area contributed by atoms with Crippen LogP contribution in [0.25, 0.3) is 0 Å². The lowest BCUT2D eigenvalue weighted by atomic mass is 9.74. The highest BCUT2D eigenvalue weighted by molar-refractivity contribution is 5.83. The van der Waals surface area contributed by atoms with Crippen LogP contribution in [-0.4, -0.2) is 28.7 Å². The SMILES string of the molecule is CC1(NC(=O)C(F)(F)F)CCCCC1C(=O)O. The van der Waals surface area contributed by atoms with E-state index in [1.54, 1.807) is 0 Å². The molecule has 7 heteroatoms. The van der Waals surface area contributed by atoms with Gasteiger partial charge in [0.2, 0.25) is 0 Å². The quantitative estimate of drug-likeness (QED) is 0.787. The highest BCUT2D eigenvalue weighted by atomic mass is 19.4. The first-order chi connectivity index (χ1) is 7.67. The number of hydrogen-bond donors (Lipinski definition) is 2. The molecule has 1 saturated carbocycles. The van der Waals surface area contributed by atoms with E-state index in [1.165, 1.54) is 6.92 Å². The van der Waals surface area contributed by atoms with Crippen LogP contribution < -0.4 is 5.32 Å². The molecule has 0 spiro atoms. The molecule has 0 bridgehead atoms. The van der Waals surface area contributed by atoms with Crippen molar-refractivity contribution in [3.8, 4) is 0 Å². The zero-order valence-corrected chi connectivity index (χ0v) is 9.30. The van der Waals surface area contributed by atoms with Crippen molar-refractivity contribution in [3.63, 3.8) is 0 Å². The Kier molecular flexibility index (Phi) is 3.68. The summed E-state index contributed by atoms with van der Waals surface area (Å²) in [6.07, 6.45) is -3.20. The molecule has 0 aromatic heterocycles. The van der Waals surface area contributed by atoms with Gasteiger partial charge >= 0.3 is 18.1 Å². The molecule has 2 unspecified atom stereocenters. The Hall–Kier alpha value is -1.27. The van der Waals surface area contributed by atoms with Crippen molar-refractivity contribution in [1.29, 1.82) is 0 Å². The van der Waals surface area contributed by atoms with Crippen LogP contribution in [0, 0.1) is 5.92 Å². The molecule has 1 rings (SSSR count). The van der Waals surface area contributed by atoms with Gasteiger partial charge < -0.3 is 10.4 Å². The topological polar surface area (TPSA) is 66.4 Å². The predicted octanol–water partition coefficient (Wildman–Crippen LogP) is 1.70. The molecular formula is C10H14F3NO3. The maximum absolute atomic E-state index is 12.1. The first-order valence-electron chi connectivity index (χ1n) is 5.29. The normalized spacial score (nSPS) is 29.8. The third-order valence-corrected chi connectivity index (χ3v) is 3.16. The molecule has 0 radical (unpaired) electrons. The molecule has 17 heavy (non-hydrogen) atoms. The molecule has 0 heterocycles. The second kappa shape index (κ2) is 4.54. The third-order valence-electron chi connectivity index (χ3n) is 3.16. The Morgan fingerprint density at radius 3 is 2.41 bits per heavy atom. The number of rotatable bonds is 2. The van der Waals surface area contributed by atoms with Crippen LogP contribution in [0.3, 0.4) is 0 Å². The van der Waals surface area contributed by atoms with Crippen molar-refractivity contribution in [2.45, 2.75) is 44.3 Å². The highest BCUT2D eigenvalue weighted by Crippen LogP contribution is 2.34. The van der Waals surface area contributed by atoms with E-state index < -0.39 is 29.5 Å². The van der Waals surface area contributed by atoms with Crippen LogP contribution in [0.5, 0.6) is 0 Å². The number of alkyl halides is 3. The fourth-order valence-corrected chi connectivity index (χ4v) is 2.21. The first-order valence-corrected chi connectivity index (χ1v) is 5.29. The lowest BCUT2D eigenvalue weighted by molar-refractivity contribution is -0.177. The van der Waals surface area contributed by atoms with Crippen LogP contribution >= 0.6 is 0 Å². The maximum atomic E-state index is 12.1. The van der Waals surface area contributed by atoms with Crippen LogP contribution in [0.15, 0.2) is 0 Å². The Labute approximate surface area is 96.2 Å². The Morgan fingerprint density at radius 1 is 1.35 bits per heavy atom. The minimum absolute atomic E-state index is 0.242. The minimum Gasteiger partial charge on any atom is -0.481 e. The molecule has 2 atom stereocenters. The number of carbonyl (C=O) groups excluding carboxylic acids is 1. The van der Waals surface area contributed by atoms with E-state index in [1.807, 2.05) is 5.32 Å². The minimum atomic E-state index is -4.98. The maximum Gasteiger partial charge on any atom is 0.471 e. The fraction of sp³-hybridized carbons (Fsp3) is 0.800. The summed E-state index contributed by atoms with van der Waals surface area (Å²) in [5, 5.41) is 10.8. The molecule has 1 amide bonds. The van der Waals surface area contributed by atoms with Crippen LogP contribution in [-0.2, 0) is 9.59 Å². The molecule has 2 N–H and O–H groups in total. The standard InChI is InChI=1S/C10H14F3NO3/c1-9(14-8(17)10(11,12)13)5-3-2-4-6(9)7(15)16/h6H,2-5H2,1H3,(H,14,17)(H,15,16). The van der Waals surface area contributed by atoms with Gasteiger partial charge in [-0.05, 0) is 19.8 Å². The van der Waals surface area contributed by atoms with Crippen LogP contribution in [0.1, 0.15) is 32.6 Å². The van der Waals surface area contributed by atoms with Crippen molar-refractivity contribution in [3.05, 3.63) is 0 Å². The van der Waals surface area contributed by atoms with Crippen molar-refractivity contribution in [1.82, 2.24) is 5.32 Å². The summed E-state index contributed by atoms with van der Waals surface area (Å²) in [4.78, 5) is 21.8. The van der Waals surface area contributed by atoms with Crippen LogP contribution in [0.2, 0.25) is 0 Å². The Morgan fingerprint density at radius 2 is 1.94 bits per heavy atom. The number of carbonyl (C=O) groups is 2. The average molecular weight is 253 g/mol. The van der Waals surface area contributed by atoms with E-state index in [2.05, 4.69) is 0 Å². The summed E-state index contributed by atoms with van der Waals surface area (Å²) in [6, 6.07) is 0. The number of aliphatic carboxylic acids is 1. The largest absolute Gasteiger partial charge is 0.481 e. The fourth-order valence-electron chi connectivity index (χ4n) is 2.21. The lowest BCUT2D eigenvalue weighted by Crippen LogP contribution is -2.58. The molecule has 1 aliphatic rings. The van der Waals surface area contributed by atoms with Gasteiger partial charge in [-0.3, -0.25) is 9.59 Å².